The highest BCUT2D eigenvalue weighted by molar-refractivity contribution is 5.90. The minimum atomic E-state index is -0.531. The Labute approximate surface area is 174 Å². The normalized spacial score (nSPS) is 13.1. The summed E-state index contributed by atoms with van der Waals surface area (Å²) >= 11 is 0. The number of Topliss-reactive ketones (excluding diaryl/α,β-unsaturated/α-hetero) is 1. The number of aryl methyl sites for hydroxylation is 1. The number of carbonyl (C=O) groups excluding carboxylic acids is 2. The lowest BCUT2D eigenvalue weighted by Crippen LogP contribution is -2.51. The molecule has 5 heteroatoms. The van der Waals surface area contributed by atoms with Crippen molar-refractivity contribution in [2.24, 2.45) is 5.92 Å². The Morgan fingerprint density at radius 3 is 2.10 bits per heavy atom. The summed E-state index contributed by atoms with van der Waals surface area (Å²) in [5.41, 5.74) is 3.24. The number of nitrogens with zero attached hydrogens (tertiary/aromatic N) is 1. The molecule has 0 bridgehead atoms. The molecular weight excluding hydrogens is 362 g/mol. The van der Waals surface area contributed by atoms with Gasteiger partial charge in [-0.1, -0.05) is 43.7 Å². The van der Waals surface area contributed by atoms with Gasteiger partial charge in [0.05, 0.1) is 12.1 Å². The largest absolute Gasteiger partial charge is 0.345 e. The first-order chi connectivity index (χ1) is 13.8. The van der Waals surface area contributed by atoms with E-state index in [1.54, 1.807) is 12.4 Å². The zero-order valence-electron chi connectivity index (χ0n) is 17.9. The van der Waals surface area contributed by atoms with Gasteiger partial charge < -0.3 is 10.6 Å². The summed E-state index contributed by atoms with van der Waals surface area (Å²) in [5.74, 6) is 0.375. The van der Waals surface area contributed by atoms with Gasteiger partial charge in [0.25, 0.3) is 0 Å². The molecule has 2 rings (SSSR count). The molecule has 1 aromatic heterocycles. The minimum absolute atomic E-state index is 0.0382. The van der Waals surface area contributed by atoms with Crippen molar-refractivity contribution in [1.29, 1.82) is 0 Å². The van der Waals surface area contributed by atoms with E-state index in [9.17, 15) is 9.59 Å². The van der Waals surface area contributed by atoms with Crippen molar-refractivity contribution in [1.82, 2.24) is 15.6 Å². The number of hydrogen-bond donors (Lipinski definition) is 2. The van der Waals surface area contributed by atoms with Crippen LogP contribution in [-0.2, 0) is 22.4 Å². The maximum atomic E-state index is 13.0. The van der Waals surface area contributed by atoms with Gasteiger partial charge in [-0.25, -0.2) is 0 Å². The minimum Gasteiger partial charge on any atom is -0.345 e. The van der Waals surface area contributed by atoms with Crippen molar-refractivity contribution in [2.75, 3.05) is 6.54 Å². The lowest BCUT2D eigenvalue weighted by atomic mass is 10.0. The van der Waals surface area contributed by atoms with E-state index in [-0.39, 0.29) is 11.7 Å². The quantitative estimate of drug-likeness (QED) is 0.613. The van der Waals surface area contributed by atoms with Crippen molar-refractivity contribution < 1.29 is 9.59 Å². The van der Waals surface area contributed by atoms with Gasteiger partial charge in [-0.05, 0) is 68.8 Å². The van der Waals surface area contributed by atoms with E-state index in [0.717, 1.165) is 24.1 Å². The highest BCUT2D eigenvalue weighted by atomic mass is 16.2. The Kier molecular flexibility index (Phi) is 9.00. The van der Waals surface area contributed by atoms with Gasteiger partial charge in [0.1, 0.15) is 0 Å². The number of nitrogens with one attached hydrogen (secondary N) is 2. The second-order valence-electron chi connectivity index (χ2n) is 8.11. The van der Waals surface area contributed by atoms with Crippen molar-refractivity contribution in [2.45, 2.75) is 59.0 Å². The molecule has 0 fully saturated rings. The van der Waals surface area contributed by atoms with E-state index >= 15 is 0 Å². The number of pyridine rings is 1. The molecule has 2 N–H and O–H groups in total. The van der Waals surface area contributed by atoms with Crippen LogP contribution in [-0.4, -0.2) is 35.3 Å². The summed E-state index contributed by atoms with van der Waals surface area (Å²) in [5, 5.41) is 6.34. The molecule has 0 unspecified atom stereocenters. The van der Waals surface area contributed by atoms with Crippen LogP contribution in [0, 0.1) is 12.8 Å². The van der Waals surface area contributed by atoms with Crippen LogP contribution >= 0.6 is 0 Å². The van der Waals surface area contributed by atoms with Gasteiger partial charge in [-0.3, -0.25) is 14.6 Å². The SMILES string of the molecule is CC(=O)[C@H](Cc1ccc(C)cc1)NC(=O)[C@H](Cc1ccncc1)NCCC(C)C. The molecular formula is C24H33N3O2. The Morgan fingerprint density at radius 2 is 1.52 bits per heavy atom. The molecule has 0 aliphatic heterocycles. The van der Waals surface area contributed by atoms with Crippen molar-refractivity contribution in [3.63, 3.8) is 0 Å². The summed E-state index contributed by atoms with van der Waals surface area (Å²) in [6.45, 7) is 8.63. The third kappa shape index (κ3) is 8.16. The average Bonchev–Trinajstić information content (AvgIpc) is 2.68. The maximum absolute atomic E-state index is 13.0. The molecule has 0 radical (unpaired) electrons. The molecule has 0 saturated carbocycles. The maximum Gasteiger partial charge on any atom is 0.238 e. The van der Waals surface area contributed by atoms with Gasteiger partial charge in [0.15, 0.2) is 5.78 Å². The van der Waals surface area contributed by atoms with Crippen LogP contribution in [0.15, 0.2) is 48.8 Å². The zero-order valence-corrected chi connectivity index (χ0v) is 17.9. The van der Waals surface area contributed by atoms with Crippen LogP contribution in [0.3, 0.4) is 0 Å². The van der Waals surface area contributed by atoms with E-state index in [1.165, 1.54) is 12.5 Å². The summed E-state index contributed by atoms with van der Waals surface area (Å²) in [4.78, 5) is 29.3. The third-order valence-corrected chi connectivity index (χ3v) is 4.99. The van der Waals surface area contributed by atoms with Crippen LogP contribution in [0.25, 0.3) is 0 Å². The van der Waals surface area contributed by atoms with E-state index in [1.807, 2.05) is 43.3 Å². The smallest absolute Gasteiger partial charge is 0.238 e. The Morgan fingerprint density at radius 1 is 0.931 bits per heavy atom. The molecule has 0 saturated heterocycles. The van der Waals surface area contributed by atoms with Gasteiger partial charge in [-0.15, -0.1) is 0 Å². The Bertz CT molecular complexity index is 772. The molecule has 29 heavy (non-hydrogen) atoms. The highest BCUT2D eigenvalue weighted by Crippen LogP contribution is 2.09. The lowest BCUT2D eigenvalue weighted by Gasteiger charge is -2.23. The molecule has 2 aromatic rings. The highest BCUT2D eigenvalue weighted by Gasteiger charge is 2.24. The molecule has 1 amide bonds. The first kappa shape index (κ1) is 22.8. The van der Waals surface area contributed by atoms with E-state index in [4.69, 9.17) is 0 Å². The van der Waals surface area contributed by atoms with Gasteiger partial charge >= 0.3 is 0 Å². The fourth-order valence-corrected chi connectivity index (χ4v) is 3.09. The summed E-state index contributed by atoms with van der Waals surface area (Å²) in [6.07, 6.45) is 5.50. The van der Waals surface area contributed by atoms with Crippen LogP contribution in [0.4, 0.5) is 0 Å². The standard InChI is InChI=1S/C24H33N3O2/c1-17(2)9-14-26-23(16-21-10-12-25-13-11-21)24(29)27-22(19(4)28)15-20-7-5-18(3)6-8-20/h5-8,10-13,17,22-23,26H,9,14-16H2,1-4H3,(H,27,29)/t22-,23-/m0/s1. The van der Waals surface area contributed by atoms with E-state index in [0.29, 0.717) is 18.8 Å². The second-order valence-corrected chi connectivity index (χ2v) is 8.11. The third-order valence-electron chi connectivity index (χ3n) is 4.99. The first-order valence-corrected chi connectivity index (χ1v) is 10.3. The van der Waals surface area contributed by atoms with Gasteiger partial charge in [0.2, 0.25) is 5.91 Å². The van der Waals surface area contributed by atoms with Gasteiger partial charge in [0, 0.05) is 12.4 Å². The first-order valence-electron chi connectivity index (χ1n) is 10.3. The fraction of sp³-hybridized carbons (Fsp3) is 0.458. The summed E-state index contributed by atoms with van der Waals surface area (Å²) in [7, 11) is 0. The van der Waals surface area contributed by atoms with Crippen molar-refractivity contribution in [3.8, 4) is 0 Å². The predicted octanol–water partition coefficient (Wildman–Crippen LogP) is 3.25. The Balaban J connectivity index is 2.07. The topological polar surface area (TPSA) is 71.1 Å². The zero-order chi connectivity index (χ0) is 21.2. The number of amides is 1. The average molecular weight is 396 g/mol. The number of benzene rings is 1. The van der Waals surface area contributed by atoms with Crippen LogP contribution in [0.1, 0.15) is 43.9 Å². The molecule has 156 valence electrons. The van der Waals surface area contributed by atoms with Crippen molar-refractivity contribution >= 4 is 11.7 Å². The lowest BCUT2D eigenvalue weighted by molar-refractivity contribution is -0.128. The molecule has 0 aliphatic carbocycles. The second kappa shape index (κ2) is 11.5. The van der Waals surface area contributed by atoms with Crippen LogP contribution in [0.2, 0.25) is 0 Å². The van der Waals surface area contributed by atoms with Gasteiger partial charge in [-0.2, -0.15) is 0 Å². The predicted molar refractivity (Wildman–Crippen MR) is 117 cm³/mol. The molecule has 2 atom stereocenters. The molecule has 0 spiro atoms. The number of aromatic nitrogens is 1. The number of rotatable bonds is 11. The number of hydrogen-bond acceptors (Lipinski definition) is 4. The molecule has 0 aliphatic rings. The molecule has 1 heterocycles. The number of carbonyl (C=O) groups is 2. The van der Waals surface area contributed by atoms with E-state index in [2.05, 4.69) is 29.5 Å². The van der Waals surface area contributed by atoms with Crippen molar-refractivity contribution in [3.05, 3.63) is 65.5 Å². The summed E-state index contributed by atoms with van der Waals surface area (Å²) in [6, 6.07) is 11.0. The van der Waals surface area contributed by atoms with Crippen LogP contribution in [0.5, 0.6) is 0 Å². The number of ketones is 1. The summed E-state index contributed by atoms with van der Waals surface area (Å²) < 4.78 is 0. The Hall–Kier alpha value is -2.53. The monoisotopic (exact) mass is 395 g/mol. The molecule has 1 aromatic carbocycles. The van der Waals surface area contributed by atoms with E-state index < -0.39 is 12.1 Å². The van der Waals surface area contributed by atoms with Crippen LogP contribution < -0.4 is 10.6 Å². The fourth-order valence-electron chi connectivity index (χ4n) is 3.09. The molecule has 5 nitrogen and oxygen atoms in total.